The molecule has 0 radical (unpaired) electrons. The van der Waals surface area contributed by atoms with Crippen molar-refractivity contribution in [2.24, 2.45) is 5.10 Å². The van der Waals surface area contributed by atoms with E-state index in [1.807, 2.05) is 49.3 Å². The number of anilines is 1. The minimum atomic E-state index is -0.432. The van der Waals surface area contributed by atoms with Crippen LogP contribution in [0.2, 0.25) is 0 Å². The van der Waals surface area contributed by atoms with Crippen LogP contribution in [0.25, 0.3) is 10.9 Å². The summed E-state index contributed by atoms with van der Waals surface area (Å²) in [7, 11) is 3.84. The number of nitrogens with zero attached hydrogens (tertiary/aromatic N) is 5. The molecule has 0 spiro atoms. The predicted octanol–water partition coefficient (Wildman–Crippen LogP) is 5.94. The van der Waals surface area contributed by atoms with Gasteiger partial charge in [0, 0.05) is 54.4 Å². The summed E-state index contributed by atoms with van der Waals surface area (Å²) in [5.41, 5.74) is 2.62. The van der Waals surface area contributed by atoms with Crippen molar-refractivity contribution in [3.63, 3.8) is 0 Å². The number of aryl methyl sites for hydroxylation is 1. The molecule has 1 heterocycles. The second-order valence-electron chi connectivity index (χ2n) is 8.99. The Balaban J connectivity index is 1.73. The second kappa shape index (κ2) is 12.0. The molecule has 38 heavy (non-hydrogen) atoms. The zero-order chi connectivity index (χ0) is 27.2. The number of ether oxygens (including phenoxy) is 1. The maximum atomic E-state index is 13.4. The highest BCUT2D eigenvalue weighted by Gasteiger charge is 2.13. The van der Waals surface area contributed by atoms with Crippen molar-refractivity contribution in [3.05, 3.63) is 103 Å². The van der Waals surface area contributed by atoms with Crippen molar-refractivity contribution in [2.45, 2.75) is 32.8 Å². The van der Waals surface area contributed by atoms with Crippen LogP contribution < -0.4 is 15.2 Å². The van der Waals surface area contributed by atoms with Gasteiger partial charge in [-0.3, -0.25) is 14.9 Å². The third-order valence-corrected chi connectivity index (χ3v) is 6.46. The molecule has 4 rings (SSSR count). The van der Waals surface area contributed by atoms with Gasteiger partial charge in [-0.1, -0.05) is 41.4 Å². The molecule has 4 aromatic rings. The molecule has 0 saturated carbocycles. The van der Waals surface area contributed by atoms with E-state index < -0.39 is 4.92 Å². The van der Waals surface area contributed by atoms with Crippen LogP contribution in [0.3, 0.4) is 0 Å². The Morgan fingerprint density at radius 3 is 2.71 bits per heavy atom. The van der Waals surface area contributed by atoms with E-state index in [0.717, 1.165) is 23.0 Å². The zero-order valence-electron chi connectivity index (χ0n) is 21.4. The average Bonchev–Trinajstić information content (AvgIpc) is 2.91. The van der Waals surface area contributed by atoms with Gasteiger partial charge >= 0.3 is 0 Å². The van der Waals surface area contributed by atoms with Crippen LogP contribution in [-0.4, -0.2) is 34.9 Å². The molecule has 0 unspecified atom stereocenters. The van der Waals surface area contributed by atoms with E-state index in [4.69, 9.17) is 9.72 Å². The van der Waals surface area contributed by atoms with Crippen LogP contribution in [0.1, 0.15) is 36.7 Å². The summed E-state index contributed by atoms with van der Waals surface area (Å²) < 4.78 is 8.24. The largest absolute Gasteiger partial charge is 0.488 e. The van der Waals surface area contributed by atoms with Crippen molar-refractivity contribution in [1.82, 2.24) is 9.66 Å². The smallest absolute Gasteiger partial charge is 0.282 e. The topological polar surface area (TPSA) is 103 Å². The fourth-order valence-electron chi connectivity index (χ4n) is 3.88. The number of nitro benzene ring substituents is 1. The number of hydrogen-bond acceptors (Lipinski definition) is 7. The molecule has 196 valence electrons. The minimum absolute atomic E-state index is 0.00403. The van der Waals surface area contributed by atoms with Gasteiger partial charge in [0.1, 0.15) is 18.2 Å². The number of unbranched alkanes of at least 4 members (excludes halogenated alkanes) is 1. The highest BCUT2D eigenvalue weighted by atomic mass is 79.9. The number of aromatic nitrogens is 2. The summed E-state index contributed by atoms with van der Waals surface area (Å²) in [5, 5.41) is 16.2. The Labute approximate surface area is 228 Å². The van der Waals surface area contributed by atoms with Gasteiger partial charge in [-0.05, 0) is 42.3 Å². The van der Waals surface area contributed by atoms with Crippen LogP contribution in [0, 0.1) is 10.1 Å². The fourth-order valence-corrected chi connectivity index (χ4v) is 4.25. The molecule has 0 bridgehead atoms. The Morgan fingerprint density at radius 2 is 1.97 bits per heavy atom. The number of halogens is 1. The number of hydrogen-bond donors (Lipinski definition) is 0. The second-order valence-corrected chi connectivity index (χ2v) is 9.90. The van der Waals surface area contributed by atoms with Crippen molar-refractivity contribution in [2.75, 3.05) is 19.0 Å². The number of fused-ring (bicyclic) bond motifs is 1. The first-order chi connectivity index (χ1) is 18.3. The molecule has 1 aromatic heterocycles. The summed E-state index contributed by atoms with van der Waals surface area (Å²) in [6.45, 7) is 2.22. The Morgan fingerprint density at radius 1 is 1.16 bits per heavy atom. The Kier molecular flexibility index (Phi) is 8.52. The van der Waals surface area contributed by atoms with Crippen LogP contribution in [0.5, 0.6) is 5.75 Å². The molecule has 0 atom stereocenters. The zero-order valence-corrected chi connectivity index (χ0v) is 23.0. The van der Waals surface area contributed by atoms with E-state index in [1.165, 1.54) is 16.8 Å². The Bertz CT molecular complexity index is 1570. The van der Waals surface area contributed by atoms with Crippen LogP contribution in [0.15, 0.2) is 75.0 Å². The first-order valence-corrected chi connectivity index (χ1v) is 13.0. The monoisotopic (exact) mass is 577 g/mol. The minimum Gasteiger partial charge on any atom is -0.488 e. The molecule has 10 heteroatoms. The van der Waals surface area contributed by atoms with Gasteiger partial charge in [-0.25, -0.2) is 4.98 Å². The average molecular weight is 578 g/mol. The maximum Gasteiger partial charge on any atom is 0.282 e. The van der Waals surface area contributed by atoms with Gasteiger partial charge in [0.2, 0.25) is 0 Å². The number of non-ortho nitro benzene ring substituents is 1. The summed E-state index contributed by atoms with van der Waals surface area (Å²) in [6.07, 6.45) is 4.04. The van der Waals surface area contributed by atoms with Crippen LogP contribution in [0.4, 0.5) is 11.4 Å². The van der Waals surface area contributed by atoms with E-state index in [1.54, 1.807) is 24.4 Å². The normalized spacial score (nSPS) is 11.3. The molecule has 0 aliphatic carbocycles. The SMILES string of the molecule is CCCCc1nc2ccc(Br)cc2c(=O)n1N=Cc1ccc(N(C)C)cc1OCc1cccc([N+](=O)[O-])c1. The highest BCUT2D eigenvalue weighted by molar-refractivity contribution is 9.10. The first-order valence-electron chi connectivity index (χ1n) is 12.2. The number of rotatable bonds is 10. The third-order valence-electron chi connectivity index (χ3n) is 5.97. The van der Waals surface area contributed by atoms with E-state index in [-0.39, 0.29) is 17.9 Å². The van der Waals surface area contributed by atoms with Gasteiger partial charge in [-0.2, -0.15) is 9.78 Å². The summed E-state index contributed by atoms with van der Waals surface area (Å²) in [6, 6.07) is 17.4. The standard InChI is InChI=1S/C28H28BrN5O4/c1-4-5-9-27-31-25-13-11-21(29)15-24(25)28(35)33(27)30-17-20-10-12-22(32(2)3)16-26(20)38-18-19-7-6-8-23(14-19)34(36)37/h6-8,10-17H,4-5,9,18H2,1-3H3. The fraction of sp³-hybridized carbons (Fsp3) is 0.250. The Hall–Kier alpha value is -4.05. The lowest BCUT2D eigenvalue weighted by Crippen LogP contribution is -2.22. The van der Waals surface area contributed by atoms with Gasteiger partial charge in [0.05, 0.1) is 22.0 Å². The molecule has 0 aliphatic rings. The van der Waals surface area contributed by atoms with E-state index in [2.05, 4.69) is 28.0 Å². The number of nitro groups is 1. The predicted molar refractivity (Wildman–Crippen MR) is 154 cm³/mol. The third kappa shape index (κ3) is 6.25. The lowest BCUT2D eigenvalue weighted by molar-refractivity contribution is -0.384. The van der Waals surface area contributed by atoms with Crippen molar-refractivity contribution >= 4 is 44.4 Å². The lowest BCUT2D eigenvalue weighted by Gasteiger charge is -2.16. The summed E-state index contributed by atoms with van der Waals surface area (Å²) >= 11 is 3.43. The van der Waals surface area contributed by atoms with Crippen molar-refractivity contribution in [1.29, 1.82) is 0 Å². The summed E-state index contributed by atoms with van der Waals surface area (Å²) in [4.78, 5) is 30.8. The van der Waals surface area contributed by atoms with Gasteiger partial charge < -0.3 is 9.64 Å². The van der Waals surface area contributed by atoms with Crippen molar-refractivity contribution in [3.8, 4) is 5.75 Å². The lowest BCUT2D eigenvalue weighted by atomic mass is 10.1. The van der Waals surface area contributed by atoms with Gasteiger partial charge in [0.15, 0.2) is 0 Å². The molecule has 3 aromatic carbocycles. The van der Waals surface area contributed by atoms with Gasteiger partial charge in [0.25, 0.3) is 11.2 Å². The quantitative estimate of drug-likeness (QED) is 0.131. The first kappa shape index (κ1) is 27.0. The van der Waals surface area contributed by atoms with E-state index >= 15 is 0 Å². The maximum absolute atomic E-state index is 13.4. The molecule has 0 N–H and O–H groups in total. The van der Waals surface area contributed by atoms with Crippen molar-refractivity contribution < 1.29 is 9.66 Å². The molecule has 0 saturated heterocycles. The molecular formula is C28H28BrN5O4. The molecule has 0 amide bonds. The number of benzene rings is 3. The molecule has 0 fully saturated rings. The highest BCUT2D eigenvalue weighted by Crippen LogP contribution is 2.26. The van der Waals surface area contributed by atoms with E-state index in [9.17, 15) is 14.9 Å². The van der Waals surface area contributed by atoms with Crippen LogP contribution in [-0.2, 0) is 13.0 Å². The molecule has 0 aliphatic heterocycles. The molecular weight excluding hydrogens is 550 g/mol. The summed E-state index contributed by atoms with van der Waals surface area (Å²) in [5.74, 6) is 1.12. The van der Waals surface area contributed by atoms with E-state index in [0.29, 0.717) is 40.0 Å². The molecule has 9 nitrogen and oxygen atoms in total. The van der Waals surface area contributed by atoms with Gasteiger partial charge in [-0.15, -0.1) is 0 Å². The van der Waals surface area contributed by atoms with Crippen LogP contribution >= 0.6 is 15.9 Å².